The Bertz CT molecular complexity index is 609. The van der Waals surface area contributed by atoms with Crippen LogP contribution in [0.3, 0.4) is 0 Å². The minimum Gasteiger partial charge on any atom is -0.508 e. The summed E-state index contributed by atoms with van der Waals surface area (Å²) in [5, 5.41) is 12.9. The third kappa shape index (κ3) is 2.90. The van der Waals surface area contributed by atoms with Crippen molar-refractivity contribution in [1.82, 2.24) is 9.97 Å². The van der Waals surface area contributed by atoms with Gasteiger partial charge in [-0.2, -0.15) is 0 Å². The summed E-state index contributed by atoms with van der Waals surface area (Å²) in [6.45, 7) is 9.15. The lowest BCUT2D eigenvalue weighted by molar-refractivity contribution is 0.475. The predicted molar refractivity (Wildman–Crippen MR) is 82.1 cm³/mol. The summed E-state index contributed by atoms with van der Waals surface area (Å²) < 4.78 is 0. The van der Waals surface area contributed by atoms with Crippen molar-refractivity contribution in [3.63, 3.8) is 0 Å². The molecule has 0 saturated heterocycles. The maximum atomic E-state index is 9.59. The molecule has 4 heteroatoms. The van der Waals surface area contributed by atoms with Crippen LogP contribution in [0.1, 0.15) is 37.9 Å². The summed E-state index contributed by atoms with van der Waals surface area (Å²) in [7, 11) is 0. The van der Waals surface area contributed by atoms with Crippen LogP contribution in [0, 0.1) is 6.92 Å². The summed E-state index contributed by atoms with van der Waals surface area (Å²) in [6.07, 6.45) is 0. The Labute approximate surface area is 119 Å². The molecule has 0 amide bonds. The molecule has 4 nitrogen and oxygen atoms in total. The SMILES string of the molecule is CCNc1nc(-c2cccc(O)c2)nc(C)c1C(C)C. The van der Waals surface area contributed by atoms with Crippen molar-refractivity contribution in [2.75, 3.05) is 11.9 Å². The van der Waals surface area contributed by atoms with E-state index in [1.165, 1.54) is 0 Å². The molecular weight excluding hydrogens is 250 g/mol. The number of aromatic nitrogens is 2. The average Bonchev–Trinajstić information content (AvgIpc) is 2.38. The molecule has 1 heterocycles. The van der Waals surface area contributed by atoms with Crippen molar-refractivity contribution in [1.29, 1.82) is 0 Å². The lowest BCUT2D eigenvalue weighted by Crippen LogP contribution is -2.09. The fourth-order valence-electron chi connectivity index (χ4n) is 2.35. The van der Waals surface area contributed by atoms with Gasteiger partial charge in [0.05, 0.1) is 0 Å². The largest absolute Gasteiger partial charge is 0.508 e. The number of rotatable bonds is 4. The molecule has 0 spiro atoms. The van der Waals surface area contributed by atoms with E-state index < -0.39 is 0 Å². The van der Waals surface area contributed by atoms with Gasteiger partial charge in [0.25, 0.3) is 0 Å². The molecule has 0 radical (unpaired) electrons. The fourth-order valence-corrected chi connectivity index (χ4v) is 2.35. The van der Waals surface area contributed by atoms with Crippen LogP contribution in [0.15, 0.2) is 24.3 Å². The van der Waals surface area contributed by atoms with Crippen LogP contribution in [-0.2, 0) is 0 Å². The second kappa shape index (κ2) is 5.90. The van der Waals surface area contributed by atoms with Gasteiger partial charge in [-0.25, -0.2) is 9.97 Å². The van der Waals surface area contributed by atoms with Gasteiger partial charge >= 0.3 is 0 Å². The molecule has 0 aliphatic heterocycles. The highest BCUT2D eigenvalue weighted by Gasteiger charge is 2.15. The Balaban J connectivity index is 2.56. The third-order valence-corrected chi connectivity index (χ3v) is 3.16. The van der Waals surface area contributed by atoms with E-state index in [0.717, 1.165) is 29.2 Å². The molecule has 0 unspecified atom stereocenters. The number of hydrogen-bond acceptors (Lipinski definition) is 4. The van der Waals surface area contributed by atoms with Gasteiger partial charge in [0, 0.05) is 23.4 Å². The zero-order chi connectivity index (χ0) is 14.7. The lowest BCUT2D eigenvalue weighted by Gasteiger charge is -2.16. The van der Waals surface area contributed by atoms with Gasteiger partial charge in [-0.1, -0.05) is 26.0 Å². The summed E-state index contributed by atoms with van der Waals surface area (Å²) in [5.41, 5.74) is 2.95. The number of phenols is 1. The van der Waals surface area contributed by atoms with E-state index in [4.69, 9.17) is 0 Å². The first kappa shape index (κ1) is 14.3. The van der Waals surface area contributed by atoms with Gasteiger partial charge < -0.3 is 10.4 Å². The lowest BCUT2D eigenvalue weighted by atomic mass is 10.0. The van der Waals surface area contributed by atoms with E-state index >= 15 is 0 Å². The molecule has 2 aromatic rings. The van der Waals surface area contributed by atoms with Gasteiger partial charge in [0.2, 0.25) is 0 Å². The second-order valence-corrected chi connectivity index (χ2v) is 5.13. The Morgan fingerprint density at radius 2 is 2.00 bits per heavy atom. The van der Waals surface area contributed by atoms with Gasteiger partial charge in [-0.15, -0.1) is 0 Å². The first-order valence-corrected chi connectivity index (χ1v) is 6.94. The first-order valence-electron chi connectivity index (χ1n) is 6.94. The molecule has 20 heavy (non-hydrogen) atoms. The highest BCUT2D eigenvalue weighted by atomic mass is 16.3. The van der Waals surface area contributed by atoms with Crippen LogP contribution in [0.2, 0.25) is 0 Å². The van der Waals surface area contributed by atoms with Crippen LogP contribution < -0.4 is 5.32 Å². The molecule has 1 aromatic heterocycles. The van der Waals surface area contributed by atoms with Crippen molar-refractivity contribution in [2.45, 2.75) is 33.6 Å². The van der Waals surface area contributed by atoms with E-state index in [2.05, 4.69) is 36.1 Å². The number of aromatic hydroxyl groups is 1. The zero-order valence-corrected chi connectivity index (χ0v) is 12.4. The van der Waals surface area contributed by atoms with Crippen molar-refractivity contribution in [2.24, 2.45) is 0 Å². The van der Waals surface area contributed by atoms with Crippen molar-refractivity contribution < 1.29 is 5.11 Å². The van der Waals surface area contributed by atoms with Crippen LogP contribution in [0.4, 0.5) is 5.82 Å². The number of phenolic OH excluding ortho intramolecular Hbond substituents is 1. The van der Waals surface area contributed by atoms with Gasteiger partial charge in [-0.05, 0) is 31.9 Å². The monoisotopic (exact) mass is 271 g/mol. The summed E-state index contributed by atoms with van der Waals surface area (Å²) >= 11 is 0. The number of nitrogens with zero attached hydrogens (tertiary/aromatic N) is 2. The highest BCUT2D eigenvalue weighted by Crippen LogP contribution is 2.28. The molecule has 0 saturated carbocycles. The molecule has 0 atom stereocenters. The fraction of sp³-hybridized carbons (Fsp3) is 0.375. The van der Waals surface area contributed by atoms with Gasteiger partial charge in [-0.3, -0.25) is 0 Å². The Kier molecular flexibility index (Phi) is 4.23. The summed E-state index contributed by atoms with van der Waals surface area (Å²) in [6, 6.07) is 7.02. The van der Waals surface area contributed by atoms with Crippen molar-refractivity contribution in [3.8, 4) is 17.1 Å². The van der Waals surface area contributed by atoms with Crippen LogP contribution >= 0.6 is 0 Å². The third-order valence-electron chi connectivity index (χ3n) is 3.16. The Hall–Kier alpha value is -2.10. The topological polar surface area (TPSA) is 58.0 Å². The number of aryl methyl sites for hydroxylation is 1. The second-order valence-electron chi connectivity index (χ2n) is 5.13. The molecule has 0 aliphatic carbocycles. The summed E-state index contributed by atoms with van der Waals surface area (Å²) in [4.78, 5) is 9.21. The smallest absolute Gasteiger partial charge is 0.161 e. The Morgan fingerprint density at radius 1 is 1.25 bits per heavy atom. The van der Waals surface area contributed by atoms with Crippen LogP contribution in [0.5, 0.6) is 5.75 Å². The van der Waals surface area contributed by atoms with Crippen LogP contribution in [0.25, 0.3) is 11.4 Å². The number of nitrogens with one attached hydrogen (secondary N) is 1. The predicted octanol–water partition coefficient (Wildman–Crippen LogP) is 3.71. The maximum absolute atomic E-state index is 9.59. The molecule has 1 aromatic carbocycles. The van der Waals surface area contributed by atoms with E-state index in [9.17, 15) is 5.11 Å². The quantitative estimate of drug-likeness (QED) is 0.890. The summed E-state index contributed by atoms with van der Waals surface area (Å²) in [5.74, 6) is 2.11. The first-order chi connectivity index (χ1) is 9.52. The highest BCUT2D eigenvalue weighted by molar-refractivity contribution is 5.61. The maximum Gasteiger partial charge on any atom is 0.161 e. The Morgan fingerprint density at radius 3 is 2.60 bits per heavy atom. The van der Waals surface area contributed by atoms with Gasteiger partial charge in [0.1, 0.15) is 11.6 Å². The number of anilines is 1. The van der Waals surface area contributed by atoms with Crippen LogP contribution in [-0.4, -0.2) is 21.6 Å². The van der Waals surface area contributed by atoms with E-state index in [0.29, 0.717) is 11.7 Å². The van der Waals surface area contributed by atoms with Gasteiger partial charge in [0.15, 0.2) is 5.82 Å². The molecular formula is C16H21N3O. The van der Waals surface area contributed by atoms with E-state index in [1.54, 1.807) is 18.2 Å². The molecule has 106 valence electrons. The van der Waals surface area contributed by atoms with Crippen molar-refractivity contribution in [3.05, 3.63) is 35.5 Å². The number of benzene rings is 1. The minimum atomic E-state index is 0.224. The normalized spacial score (nSPS) is 10.8. The van der Waals surface area contributed by atoms with E-state index in [1.807, 2.05) is 13.0 Å². The molecule has 0 aliphatic rings. The molecule has 0 fully saturated rings. The minimum absolute atomic E-state index is 0.224. The molecule has 2 N–H and O–H groups in total. The van der Waals surface area contributed by atoms with E-state index in [-0.39, 0.29) is 5.75 Å². The zero-order valence-electron chi connectivity index (χ0n) is 12.4. The van der Waals surface area contributed by atoms with Crippen molar-refractivity contribution >= 4 is 5.82 Å². The average molecular weight is 271 g/mol. The molecule has 2 rings (SSSR count). The standard InChI is InChI=1S/C16H21N3O/c1-5-17-16-14(10(2)3)11(4)18-15(19-16)12-7-6-8-13(20)9-12/h6-10,20H,5H2,1-4H3,(H,17,18,19). The molecule has 0 bridgehead atoms. The number of hydrogen-bond donors (Lipinski definition) is 2.